The maximum Gasteiger partial charge on any atom is 0.191 e. The van der Waals surface area contributed by atoms with Gasteiger partial charge in [0.2, 0.25) is 0 Å². The van der Waals surface area contributed by atoms with Gasteiger partial charge >= 0.3 is 0 Å². The molecule has 1 aromatic heterocycles. The van der Waals surface area contributed by atoms with Gasteiger partial charge in [0.15, 0.2) is 5.96 Å². The number of ether oxygens (including phenoxy) is 1. The number of rotatable bonds is 11. The number of nitrogens with zero attached hydrogens (tertiary/aromatic N) is 4. The Balaban J connectivity index is 0.00000392. The lowest BCUT2D eigenvalue weighted by Gasteiger charge is -2.14. The number of guanidine groups is 1. The van der Waals surface area contributed by atoms with Crippen LogP contribution >= 0.6 is 35.7 Å². The highest BCUT2D eigenvalue weighted by Crippen LogP contribution is 2.17. The Hall–Kier alpha value is -1.49. The van der Waals surface area contributed by atoms with Gasteiger partial charge in [-0.05, 0) is 24.5 Å². The van der Waals surface area contributed by atoms with Crippen molar-refractivity contribution in [2.75, 3.05) is 32.2 Å². The summed E-state index contributed by atoms with van der Waals surface area (Å²) in [4.78, 5) is 4.73. The fourth-order valence-electron chi connectivity index (χ4n) is 2.63. The van der Waals surface area contributed by atoms with Crippen LogP contribution in [0.2, 0.25) is 0 Å². The maximum atomic E-state index is 5.42. The highest BCUT2D eigenvalue weighted by molar-refractivity contribution is 14.0. The SMILES string of the molecule is CCc1nncn1CCNC(=NCc1ccccc1OC)NCCCSC.I. The number of benzene rings is 1. The third-order valence-corrected chi connectivity index (χ3v) is 4.77. The molecule has 0 atom stereocenters. The zero-order valence-electron chi connectivity index (χ0n) is 16.9. The lowest BCUT2D eigenvalue weighted by atomic mass is 10.2. The molecule has 0 aliphatic rings. The molecule has 1 heterocycles. The van der Waals surface area contributed by atoms with Crippen LogP contribution in [0, 0.1) is 0 Å². The third-order valence-electron chi connectivity index (χ3n) is 4.07. The van der Waals surface area contributed by atoms with Crippen molar-refractivity contribution in [2.24, 2.45) is 4.99 Å². The summed E-state index contributed by atoms with van der Waals surface area (Å²) in [5, 5.41) is 14.9. The summed E-state index contributed by atoms with van der Waals surface area (Å²) in [6.45, 7) is 5.10. The predicted molar refractivity (Wildman–Crippen MR) is 128 cm³/mol. The summed E-state index contributed by atoms with van der Waals surface area (Å²) < 4.78 is 7.48. The van der Waals surface area contributed by atoms with E-state index in [1.807, 2.05) is 36.0 Å². The molecule has 156 valence electrons. The van der Waals surface area contributed by atoms with E-state index in [4.69, 9.17) is 9.73 Å². The normalized spacial score (nSPS) is 11.0. The average Bonchev–Trinajstić information content (AvgIpc) is 3.16. The van der Waals surface area contributed by atoms with E-state index < -0.39 is 0 Å². The number of hydrogen-bond donors (Lipinski definition) is 2. The molecule has 0 amide bonds. The molecule has 7 nitrogen and oxygen atoms in total. The van der Waals surface area contributed by atoms with Crippen molar-refractivity contribution in [1.29, 1.82) is 0 Å². The van der Waals surface area contributed by atoms with E-state index in [0.717, 1.165) is 61.3 Å². The quantitative estimate of drug-likeness (QED) is 0.206. The number of halogens is 1. The minimum atomic E-state index is 0. The van der Waals surface area contributed by atoms with Crippen molar-refractivity contribution >= 4 is 41.7 Å². The van der Waals surface area contributed by atoms with Crippen LogP contribution in [-0.4, -0.2) is 52.9 Å². The summed E-state index contributed by atoms with van der Waals surface area (Å²) >= 11 is 1.85. The molecular formula is C19H31IN6OS. The first-order valence-corrected chi connectivity index (χ1v) is 10.7. The molecule has 1 aromatic carbocycles. The first kappa shape index (κ1) is 24.5. The molecule has 0 aliphatic carbocycles. The Morgan fingerprint density at radius 3 is 2.79 bits per heavy atom. The van der Waals surface area contributed by atoms with E-state index >= 15 is 0 Å². The van der Waals surface area contributed by atoms with Gasteiger partial charge in [-0.3, -0.25) is 0 Å². The van der Waals surface area contributed by atoms with Gasteiger partial charge in [-0.1, -0.05) is 25.1 Å². The standard InChI is InChI=1S/C19H30N6OS.HI/c1-4-18-24-23-15-25(18)12-11-21-19(20-10-7-13-27-3)22-14-16-8-5-6-9-17(16)26-2;/h5-6,8-9,15H,4,7,10-14H2,1-3H3,(H2,20,21,22);1H. The zero-order valence-corrected chi connectivity index (χ0v) is 20.0. The van der Waals surface area contributed by atoms with Gasteiger partial charge in [0.1, 0.15) is 17.9 Å². The first-order valence-electron chi connectivity index (χ1n) is 9.28. The molecular weight excluding hydrogens is 487 g/mol. The number of methoxy groups -OCH3 is 1. The Bertz CT molecular complexity index is 709. The van der Waals surface area contributed by atoms with Gasteiger partial charge in [-0.15, -0.1) is 34.2 Å². The first-order chi connectivity index (χ1) is 13.3. The van der Waals surface area contributed by atoms with Crippen molar-refractivity contribution in [3.8, 4) is 5.75 Å². The van der Waals surface area contributed by atoms with E-state index in [1.165, 1.54) is 0 Å². The van der Waals surface area contributed by atoms with Crippen LogP contribution in [0.3, 0.4) is 0 Å². The molecule has 0 unspecified atom stereocenters. The molecule has 0 spiro atoms. The van der Waals surface area contributed by atoms with Gasteiger partial charge in [0.05, 0.1) is 13.7 Å². The number of para-hydroxylation sites is 1. The average molecular weight is 518 g/mol. The highest BCUT2D eigenvalue weighted by Gasteiger charge is 2.04. The highest BCUT2D eigenvalue weighted by atomic mass is 127. The second kappa shape index (κ2) is 14.5. The molecule has 0 saturated carbocycles. The molecule has 0 saturated heterocycles. The van der Waals surface area contributed by atoms with E-state index in [2.05, 4.69) is 38.6 Å². The summed E-state index contributed by atoms with van der Waals surface area (Å²) in [5.41, 5.74) is 1.07. The van der Waals surface area contributed by atoms with Crippen LogP contribution in [0.15, 0.2) is 35.6 Å². The van der Waals surface area contributed by atoms with Gasteiger partial charge in [0.25, 0.3) is 0 Å². The number of thioether (sulfide) groups is 1. The lowest BCUT2D eigenvalue weighted by Crippen LogP contribution is -2.39. The molecule has 28 heavy (non-hydrogen) atoms. The van der Waals surface area contributed by atoms with E-state index in [0.29, 0.717) is 6.54 Å². The Kier molecular flexibility index (Phi) is 12.7. The van der Waals surface area contributed by atoms with Crippen LogP contribution in [0.1, 0.15) is 24.7 Å². The Morgan fingerprint density at radius 2 is 2.04 bits per heavy atom. The lowest BCUT2D eigenvalue weighted by molar-refractivity contribution is 0.410. The van der Waals surface area contributed by atoms with Gasteiger partial charge in [0, 0.05) is 31.6 Å². The molecule has 2 N–H and O–H groups in total. The number of aromatic nitrogens is 3. The zero-order chi connectivity index (χ0) is 19.3. The van der Waals surface area contributed by atoms with Crippen molar-refractivity contribution < 1.29 is 4.74 Å². The summed E-state index contributed by atoms with van der Waals surface area (Å²) in [7, 11) is 1.69. The topological polar surface area (TPSA) is 76.4 Å². The molecule has 0 bridgehead atoms. The van der Waals surface area contributed by atoms with Gasteiger partial charge in [-0.2, -0.15) is 11.8 Å². The third kappa shape index (κ3) is 8.26. The fraction of sp³-hybridized carbons (Fsp3) is 0.526. The number of aryl methyl sites for hydroxylation is 1. The Morgan fingerprint density at radius 1 is 1.25 bits per heavy atom. The van der Waals surface area contributed by atoms with E-state index in [-0.39, 0.29) is 24.0 Å². The molecule has 2 aromatic rings. The smallest absolute Gasteiger partial charge is 0.191 e. The minimum Gasteiger partial charge on any atom is -0.496 e. The molecule has 0 fully saturated rings. The van der Waals surface area contributed by atoms with Crippen molar-refractivity contribution in [1.82, 2.24) is 25.4 Å². The number of aliphatic imine (C=N–C) groups is 1. The number of hydrogen-bond acceptors (Lipinski definition) is 5. The van der Waals surface area contributed by atoms with E-state index in [1.54, 1.807) is 13.4 Å². The summed E-state index contributed by atoms with van der Waals surface area (Å²) in [6, 6.07) is 7.97. The summed E-state index contributed by atoms with van der Waals surface area (Å²) in [5.74, 6) is 3.80. The maximum absolute atomic E-state index is 5.42. The monoisotopic (exact) mass is 518 g/mol. The van der Waals surface area contributed by atoms with Gasteiger partial charge in [-0.25, -0.2) is 4.99 Å². The van der Waals surface area contributed by atoms with E-state index in [9.17, 15) is 0 Å². The van der Waals surface area contributed by atoms with Crippen LogP contribution in [0.25, 0.3) is 0 Å². The summed E-state index contributed by atoms with van der Waals surface area (Å²) in [6.07, 6.45) is 5.88. The van der Waals surface area contributed by atoms with Crippen LogP contribution < -0.4 is 15.4 Å². The number of nitrogens with one attached hydrogen (secondary N) is 2. The van der Waals surface area contributed by atoms with Crippen molar-refractivity contribution in [2.45, 2.75) is 32.9 Å². The second-order valence-electron chi connectivity index (χ2n) is 5.97. The largest absolute Gasteiger partial charge is 0.496 e. The van der Waals surface area contributed by atoms with Crippen molar-refractivity contribution in [3.63, 3.8) is 0 Å². The van der Waals surface area contributed by atoms with Crippen LogP contribution in [0.5, 0.6) is 5.75 Å². The molecule has 9 heteroatoms. The predicted octanol–water partition coefficient (Wildman–Crippen LogP) is 2.96. The Labute approximate surface area is 189 Å². The molecule has 0 radical (unpaired) electrons. The van der Waals surface area contributed by atoms with Crippen LogP contribution in [0.4, 0.5) is 0 Å². The van der Waals surface area contributed by atoms with Gasteiger partial charge < -0.3 is 19.9 Å². The van der Waals surface area contributed by atoms with Crippen molar-refractivity contribution in [3.05, 3.63) is 42.0 Å². The second-order valence-corrected chi connectivity index (χ2v) is 6.96. The van der Waals surface area contributed by atoms with Crippen LogP contribution in [-0.2, 0) is 19.5 Å². The minimum absolute atomic E-state index is 0. The molecule has 2 rings (SSSR count). The molecule has 0 aliphatic heterocycles. The fourth-order valence-corrected chi connectivity index (χ4v) is 3.06.